The van der Waals surface area contributed by atoms with Gasteiger partial charge in [0.15, 0.2) is 0 Å². The predicted molar refractivity (Wildman–Crippen MR) is 101 cm³/mol. The van der Waals surface area contributed by atoms with E-state index in [9.17, 15) is 4.79 Å². The Morgan fingerprint density at radius 2 is 1.81 bits per heavy atom. The van der Waals surface area contributed by atoms with Crippen molar-refractivity contribution in [3.8, 4) is 11.4 Å². The molecule has 0 bridgehead atoms. The summed E-state index contributed by atoms with van der Waals surface area (Å²) in [6.45, 7) is 0.142. The summed E-state index contributed by atoms with van der Waals surface area (Å²) < 4.78 is 5.15. The quantitative estimate of drug-likeness (QED) is 0.624. The molecule has 0 spiro atoms. The van der Waals surface area contributed by atoms with Crippen molar-refractivity contribution >= 4 is 40.7 Å². The summed E-state index contributed by atoms with van der Waals surface area (Å²) in [5.74, 6) is 0.562. The van der Waals surface area contributed by atoms with Gasteiger partial charge in [-0.25, -0.2) is 0 Å². The number of nitrogens with zero attached hydrogens (tertiary/aromatic N) is 2. The molecule has 1 heterocycles. The van der Waals surface area contributed by atoms with Crippen molar-refractivity contribution in [2.24, 2.45) is 0 Å². The fourth-order valence-corrected chi connectivity index (χ4v) is 3.12. The lowest BCUT2D eigenvalue weighted by Gasteiger charge is -2.06. The average Bonchev–Trinajstić information content (AvgIpc) is 3.09. The predicted octanol–water partition coefficient (Wildman–Crippen LogP) is 4.95. The molecular weight excluding hydrogens is 397 g/mol. The van der Waals surface area contributed by atoms with Gasteiger partial charge >= 0.3 is 0 Å². The first-order valence-electron chi connectivity index (χ1n) is 7.81. The highest BCUT2D eigenvalue weighted by Crippen LogP contribution is 2.25. The minimum atomic E-state index is -0.163. The van der Waals surface area contributed by atoms with Crippen molar-refractivity contribution in [2.45, 2.75) is 19.4 Å². The van der Waals surface area contributed by atoms with Crippen LogP contribution < -0.4 is 5.32 Å². The second-order valence-electron chi connectivity index (χ2n) is 5.50. The van der Waals surface area contributed by atoms with Gasteiger partial charge in [0.2, 0.25) is 17.6 Å². The molecule has 1 amide bonds. The highest BCUT2D eigenvalue weighted by atomic mass is 35.5. The van der Waals surface area contributed by atoms with Gasteiger partial charge in [0, 0.05) is 27.1 Å². The first-order valence-corrected chi connectivity index (χ1v) is 8.94. The van der Waals surface area contributed by atoms with Crippen LogP contribution in [0.3, 0.4) is 0 Å². The highest BCUT2D eigenvalue weighted by molar-refractivity contribution is 6.36. The lowest BCUT2D eigenvalue weighted by Crippen LogP contribution is -2.23. The molecule has 8 heteroatoms. The molecule has 0 aliphatic heterocycles. The zero-order valence-electron chi connectivity index (χ0n) is 13.5. The Morgan fingerprint density at radius 3 is 2.54 bits per heavy atom. The summed E-state index contributed by atoms with van der Waals surface area (Å²) in [5.41, 5.74) is 1.50. The lowest BCUT2D eigenvalue weighted by atomic mass is 10.1. The zero-order valence-corrected chi connectivity index (χ0v) is 15.8. The first kappa shape index (κ1) is 18.7. The van der Waals surface area contributed by atoms with E-state index in [1.807, 2.05) is 6.07 Å². The van der Waals surface area contributed by atoms with Crippen LogP contribution in [-0.2, 0) is 17.8 Å². The van der Waals surface area contributed by atoms with Crippen LogP contribution in [0, 0.1) is 0 Å². The van der Waals surface area contributed by atoms with Crippen molar-refractivity contribution in [3.05, 3.63) is 69.0 Å². The fourth-order valence-electron chi connectivity index (χ4n) is 2.34. The van der Waals surface area contributed by atoms with Crippen LogP contribution in [0.5, 0.6) is 0 Å². The molecule has 0 fully saturated rings. The van der Waals surface area contributed by atoms with Gasteiger partial charge in [0.05, 0.1) is 6.54 Å². The second kappa shape index (κ2) is 8.54. The SMILES string of the molecule is O=C(CCc1c(Cl)cccc1Cl)NCc1nc(-c2cccc(Cl)c2)no1. The molecule has 3 aromatic rings. The van der Waals surface area contributed by atoms with Crippen LogP contribution in [0.1, 0.15) is 17.9 Å². The average molecular weight is 411 g/mol. The van der Waals surface area contributed by atoms with E-state index in [0.717, 1.165) is 11.1 Å². The molecule has 1 aromatic heterocycles. The summed E-state index contributed by atoms with van der Waals surface area (Å²) >= 11 is 18.1. The first-order chi connectivity index (χ1) is 12.5. The number of rotatable bonds is 6. The number of hydrogen-bond acceptors (Lipinski definition) is 4. The fraction of sp³-hybridized carbons (Fsp3) is 0.167. The number of carbonyl (C=O) groups is 1. The van der Waals surface area contributed by atoms with Gasteiger partial charge in [0.1, 0.15) is 0 Å². The maximum absolute atomic E-state index is 12.0. The molecule has 0 aliphatic rings. The van der Waals surface area contributed by atoms with E-state index in [0.29, 0.717) is 33.2 Å². The summed E-state index contributed by atoms with van der Waals surface area (Å²) in [6, 6.07) is 12.4. The van der Waals surface area contributed by atoms with E-state index in [4.69, 9.17) is 39.3 Å². The lowest BCUT2D eigenvalue weighted by molar-refractivity contribution is -0.121. The third-order valence-corrected chi connectivity index (χ3v) is 4.59. The maximum Gasteiger partial charge on any atom is 0.246 e. The van der Waals surface area contributed by atoms with E-state index >= 15 is 0 Å². The largest absolute Gasteiger partial charge is 0.347 e. The normalized spacial score (nSPS) is 10.7. The van der Waals surface area contributed by atoms with Crippen molar-refractivity contribution in [1.29, 1.82) is 0 Å². The van der Waals surface area contributed by atoms with Gasteiger partial charge < -0.3 is 9.84 Å². The van der Waals surface area contributed by atoms with Crippen LogP contribution in [-0.4, -0.2) is 16.0 Å². The smallest absolute Gasteiger partial charge is 0.246 e. The maximum atomic E-state index is 12.0. The molecule has 0 aliphatic carbocycles. The minimum absolute atomic E-state index is 0.142. The minimum Gasteiger partial charge on any atom is -0.347 e. The number of aromatic nitrogens is 2. The number of halogens is 3. The number of benzene rings is 2. The van der Waals surface area contributed by atoms with Crippen LogP contribution in [0.15, 0.2) is 47.0 Å². The summed E-state index contributed by atoms with van der Waals surface area (Å²) in [7, 11) is 0. The Labute approximate surface area is 165 Å². The molecule has 1 N–H and O–H groups in total. The zero-order chi connectivity index (χ0) is 18.5. The Bertz CT molecular complexity index is 907. The molecule has 0 saturated heterocycles. The van der Waals surface area contributed by atoms with Crippen molar-refractivity contribution in [3.63, 3.8) is 0 Å². The van der Waals surface area contributed by atoms with Crippen molar-refractivity contribution in [1.82, 2.24) is 15.5 Å². The number of amides is 1. The number of nitrogens with one attached hydrogen (secondary N) is 1. The second-order valence-corrected chi connectivity index (χ2v) is 6.75. The molecule has 5 nitrogen and oxygen atoms in total. The third kappa shape index (κ3) is 4.75. The third-order valence-electron chi connectivity index (χ3n) is 3.65. The molecule has 0 unspecified atom stereocenters. The van der Waals surface area contributed by atoms with Gasteiger partial charge in [-0.2, -0.15) is 4.98 Å². The molecule has 26 heavy (non-hydrogen) atoms. The van der Waals surface area contributed by atoms with Crippen LogP contribution >= 0.6 is 34.8 Å². The van der Waals surface area contributed by atoms with Crippen molar-refractivity contribution < 1.29 is 9.32 Å². The van der Waals surface area contributed by atoms with E-state index in [-0.39, 0.29) is 18.9 Å². The molecule has 134 valence electrons. The summed E-state index contributed by atoms with van der Waals surface area (Å²) in [4.78, 5) is 16.3. The molecule has 0 radical (unpaired) electrons. The molecular formula is C18H14Cl3N3O2. The monoisotopic (exact) mass is 409 g/mol. The Hall–Kier alpha value is -2.08. The Balaban J connectivity index is 1.54. The van der Waals surface area contributed by atoms with E-state index in [1.54, 1.807) is 36.4 Å². The highest BCUT2D eigenvalue weighted by Gasteiger charge is 2.12. The van der Waals surface area contributed by atoms with E-state index < -0.39 is 0 Å². The Morgan fingerprint density at radius 1 is 1.08 bits per heavy atom. The van der Waals surface area contributed by atoms with E-state index in [2.05, 4.69) is 15.5 Å². The molecule has 2 aromatic carbocycles. The van der Waals surface area contributed by atoms with E-state index in [1.165, 1.54) is 0 Å². The van der Waals surface area contributed by atoms with Gasteiger partial charge in [-0.05, 0) is 36.2 Å². The number of hydrogen-bond donors (Lipinski definition) is 1. The van der Waals surface area contributed by atoms with Crippen LogP contribution in [0.2, 0.25) is 15.1 Å². The molecule has 0 saturated carbocycles. The van der Waals surface area contributed by atoms with Gasteiger partial charge in [-0.1, -0.05) is 58.2 Å². The molecule has 3 rings (SSSR count). The summed E-state index contributed by atoms with van der Waals surface area (Å²) in [6.07, 6.45) is 0.695. The summed E-state index contributed by atoms with van der Waals surface area (Å²) in [5, 5.41) is 8.31. The standard InChI is InChI=1S/C18H14Cl3N3O2/c19-12-4-1-3-11(9-12)18-23-17(26-24-18)10-22-16(25)8-7-13-14(20)5-2-6-15(13)21/h1-6,9H,7-8,10H2,(H,22,25). The molecule has 0 atom stereocenters. The van der Waals surface area contributed by atoms with Crippen LogP contribution in [0.4, 0.5) is 0 Å². The Kier molecular flexibility index (Phi) is 6.14. The van der Waals surface area contributed by atoms with Gasteiger partial charge in [0.25, 0.3) is 0 Å². The topological polar surface area (TPSA) is 68.0 Å². The van der Waals surface area contributed by atoms with Crippen LogP contribution in [0.25, 0.3) is 11.4 Å². The number of carbonyl (C=O) groups excluding carboxylic acids is 1. The van der Waals surface area contributed by atoms with Gasteiger partial charge in [-0.15, -0.1) is 0 Å². The van der Waals surface area contributed by atoms with Gasteiger partial charge in [-0.3, -0.25) is 4.79 Å². The van der Waals surface area contributed by atoms with Crippen molar-refractivity contribution in [2.75, 3.05) is 0 Å².